The molecule has 2 aliphatic rings. The first-order valence-corrected chi connectivity index (χ1v) is 9.15. The fourth-order valence-corrected chi connectivity index (χ4v) is 3.56. The van der Waals surface area contributed by atoms with Crippen LogP contribution in [0.3, 0.4) is 0 Å². The van der Waals surface area contributed by atoms with E-state index in [1.807, 2.05) is 17.0 Å². The van der Waals surface area contributed by atoms with E-state index in [1.54, 1.807) is 6.07 Å². The smallest absolute Gasteiger partial charge is 0.224 e. The zero-order valence-corrected chi connectivity index (χ0v) is 15.0. The first-order chi connectivity index (χ1) is 12.1. The standard InChI is InChI=1S/C19H28FN3O2/c1-21-7-4-8-22(10-9-21)19(24)13-17-15-25-12-11-23(17)14-16-5-2-3-6-18(16)20/h2-3,5-6,17H,4,7-15H2,1H3/t17-/m1/s1. The molecule has 0 saturated carbocycles. The lowest BCUT2D eigenvalue weighted by Crippen LogP contribution is -2.48. The molecule has 1 atom stereocenters. The second-order valence-electron chi connectivity index (χ2n) is 7.03. The minimum Gasteiger partial charge on any atom is -0.378 e. The first kappa shape index (κ1) is 18.3. The van der Waals surface area contributed by atoms with Crippen molar-refractivity contribution < 1.29 is 13.9 Å². The van der Waals surface area contributed by atoms with E-state index in [1.165, 1.54) is 6.07 Å². The van der Waals surface area contributed by atoms with E-state index in [0.29, 0.717) is 31.7 Å². The van der Waals surface area contributed by atoms with Crippen molar-refractivity contribution in [3.8, 4) is 0 Å². The van der Waals surface area contributed by atoms with Gasteiger partial charge < -0.3 is 14.5 Å². The van der Waals surface area contributed by atoms with Gasteiger partial charge in [-0.2, -0.15) is 0 Å². The van der Waals surface area contributed by atoms with E-state index in [0.717, 1.165) is 39.1 Å². The number of carbonyl (C=O) groups is 1. The van der Waals surface area contributed by atoms with Crippen LogP contribution in [0, 0.1) is 5.82 Å². The minimum absolute atomic E-state index is 0.0156. The molecule has 5 nitrogen and oxygen atoms in total. The van der Waals surface area contributed by atoms with Crippen molar-refractivity contribution in [2.75, 3.05) is 53.0 Å². The van der Waals surface area contributed by atoms with Gasteiger partial charge in [-0.3, -0.25) is 9.69 Å². The Morgan fingerprint density at radius 3 is 2.88 bits per heavy atom. The van der Waals surface area contributed by atoms with Crippen molar-refractivity contribution in [3.05, 3.63) is 35.6 Å². The normalized spacial score (nSPS) is 23.4. The lowest BCUT2D eigenvalue weighted by Gasteiger charge is -2.36. The van der Waals surface area contributed by atoms with Crippen LogP contribution in [0.25, 0.3) is 0 Å². The fourth-order valence-electron chi connectivity index (χ4n) is 3.56. The Bertz CT molecular complexity index is 584. The molecule has 0 unspecified atom stereocenters. The molecule has 2 aliphatic heterocycles. The molecule has 138 valence electrons. The molecule has 0 aliphatic carbocycles. The van der Waals surface area contributed by atoms with Crippen molar-refractivity contribution >= 4 is 5.91 Å². The SMILES string of the molecule is CN1CCCN(C(=O)C[C@@H]2COCCN2Cc2ccccc2F)CC1. The number of morpholine rings is 1. The van der Waals surface area contributed by atoms with Crippen molar-refractivity contribution in [3.63, 3.8) is 0 Å². The molecule has 25 heavy (non-hydrogen) atoms. The number of nitrogens with zero attached hydrogens (tertiary/aromatic N) is 3. The minimum atomic E-state index is -0.186. The average Bonchev–Trinajstić information content (AvgIpc) is 2.83. The second-order valence-corrected chi connectivity index (χ2v) is 7.03. The van der Waals surface area contributed by atoms with Gasteiger partial charge in [-0.1, -0.05) is 18.2 Å². The molecule has 0 aromatic heterocycles. The predicted molar refractivity (Wildman–Crippen MR) is 94.7 cm³/mol. The van der Waals surface area contributed by atoms with Crippen LogP contribution < -0.4 is 0 Å². The van der Waals surface area contributed by atoms with E-state index in [2.05, 4.69) is 16.8 Å². The number of hydrogen-bond donors (Lipinski definition) is 0. The summed E-state index contributed by atoms with van der Waals surface area (Å²) in [5.74, 6) is -0.000965. The molecular formula is C19H28FN3O2. The molecule has 2 saturated heterocycles. The highest BCUT2D eigenvalue weighted by Crippen LogP contribution is 2.18. The molecular weight excluding hydrogens is 321 g/mol. The number of benzene rings is 1. The van der Waals surface area contributed by atoms with E-state index in [4.69, 9.17) is 4.74 Å². The number of ether oxygens (including phenoxy) is 1. The zero-order chi connectivity index (χ0) is 17.6. The Balaban J connectivity index is 1.60. The molecule has 1 aromatic rings. The Labute approximate surface area is 149 Å². The maximum absolute atomic E-state index is 14.0. The van der Waals surface area contributed by atoms with Crippen molar-refractivity contribution in [1.82, 2.24) is 14.7 Å². The summed E-state index contributed by atoms with van der Waals surface area (Å²) in [6.45, 7) is 6.00. The Morgan fingerprint density at radius 2 is 2.04 bits per heavy atom. The number of hydrogen-bond acceptors (Lipinski definition) is 4. The molecule has 0 radical (unpaired) electrons. The summed E-state index contributed by atoms with van der Waals surface area (Å²) in [5.41, 5.74) is 0.679. The van der Waals surface area contributed by atoms with E-state index >= 15 is 0 Å². The number of amides is 1. The summed E-state index contributed by atoms with van der Waals surface area (Å²) < 4.78 is 19.6. The summed E-state index contributed by atoms with van der Waals surface area (Å²) in [6, 6.07) is 6.88. The van der Waals surface area contributed by atoms with E-state index in [-0.39, 0.29) is 17.8 Å². The highest BCUT2D eigenvalue weighted by Gasteiger charge is 2.28. The number of halogens is 1. The molecule has 1 aromatic carbocycles. The molecule has 0 N–H and O–H groups in total. The van der Waals surface area contributed by atoms with Gasteiger partial charge in [0.2, 0.25) is 5.91 Å². The molecule has 1 amide bonds. The lowest BCUT2D eigenvalue weighted by atomic mass is 10.1. The monoisotopic (exact) mass is 349 g/mol. The van der Waals surface area contributed by atoms with Crippen LogP contribution >= 0.6 is 0 Å². The van der Waals surface area contributed by atoms with Gasteiger partial charge in [-0.25, -0.2) is 4.39 Å². The van der Waals surface area contributed by atoms with E-state index < -0.39 is 0 Å². The largest absolute Gasteiger partial charge is 0.378 e. The highest BCUT2D eigenvalue weighted by atomic mass is 19.1. The van der Waals surface area contributed by atoms with Gasteiger partial charge in [-0.15, -0.1) is 0 Å². The fraction of sp³-hybridized carbons (Fsp3) is 0.632. The summed E-state index contributed by atoms with van der Waals surface area (Å²) in [6.07, 6.45) is 1.46. The van der Waals surface area contributed by atoms with Gasteiger partial charge in [-0.05, 0) is 26.1 Å². The molecule has 6 heteroatoms. The van der Waals surface area contributed by atoms with Crippen molar-refractivity contribution in [1.29, 1.82) is 0 Å². The summed E-state index contributed by atoms with van der Waals surface area (Å²) in [7, 11) is 2.10. The van der Waals surface area contributed by atoms with Crippen LogP contribution in [0.5, 0.6) is 0 Å². The predicted octanol–water partition coefficient (Wildman–Crippen LogP) is 1.58. The topological polar surface area (TPSA) is 36.0 Å². The molecule has 0 spiro atoms. The quantitative estimate of drug-likeness (QED) is 0.827. The third-order valence-electron chi connectivity index (χ3n) is 5.16. The van der Waals surface area contributed by atoms with E-state index in [9.17, 15) is 9.18 Å². The number of rotatable bonds is 4. The van der Waals surface area contributed by atoms with Crippen LogP contribution in [0.4, 0.5) is 4.39 Å². The van der Waals surface area contributed by atoms with Crippen molar-refractivity contribution in [2.45, 2.75) is 25.4 Å². The maximum atomic E-state index is 14.0. The average molecular weight is 349 g/mol. The number of likely N-dealkylation sites (N-methyl/N-ethyl adjacent to an activating group) is 1. The third kappa shape index (κ3) is 5.00. The van der Waals surface area contributed by atoms with Gasteiger partial charge in [0.1, 0.15) is 5.82 Å². The molecule has 0 bridgehead atoms. The summed E-state index contributed by atoms with van der Waals surface area (Å²) >= 11 is 0. The molecule has 2 fully saturated rings. The van der Waals surface area contributed by atoms with Crippen LogP contribution in [0.2, 0.25) is 0 Å². The Hall–Kier alpha value is -1.50. The first-order valence-electron chi connectivity index (χ1n) is 9.15. The Kier molecular flexibility index (Phi) is 6.39. The van der Waals surface area contributed by atoms with Gasteiger partial charge >= 0.3 is 0 Å². The van der Waals surface area contributed by atoms with Crippen LogP contribution in [0.1, 0.15) is 18.4 Å². The second kappa shape index (κ2) is 8.74. The van der Waals surface area contributed by atoms with Gasteiger partial charge in [0, 0.05) is 50.7 Å². The summed E-state index contributed by atoms with van der Waals surface area (Å²) in [4.78, 5) is 19.2. The molecule has 3 rings (SSSR count). The van der Waals surface area contributed by atoms with Gasteiger partial charge in [0.05, 0.1) is 13.2 Å². The summed E-state index contributed by atoms with van der Waals surface area (Å²) in [5, 5.41) is 0. The van der Waals surface area contributed by atoms with Crippen LogP contribution in [0.15, 0.2) is 24.3 Å². The van der Waals surface area contributed by atoms with Crippen LogP contribution in [-0.4, -0.2) is 79.6 Å². The molecule has 2 heterocycles. The Morgan fingerprint density at radius 1 is 1.20 bits per heavy atom. The van der Waals surface area contributed by atoms with Gasteiger partial charge in [0.15, 0.2) is 0 Å². The van der Waals surface area contributed by atoms with Gasteiger partial charge in [0.25, 0.3) is 0 Å². The third-order valence-corrected chi connectivity index (χ3v) is 5.16. The van der Waals surface area contributed by atoms with Crippen molar-refractivity contribution in [2.24, 2.45) is 0 Å². The highest BCUT2D eigenvalue weighted by molar-refractivity contribution is 5.77. The lowest BCUT2D eigenvalue weighted by molar-refractivity contribution is -0.134. The van der Waals surface area contributed by atoms with Crippen LogP contribution in [-0.2, 0) is 16.1 Å². The zero-order valence-electron chi connectivity index (χ0n) is 15.0. The number of carbonyl (C=O) groups excluding carboxylic acids is 1. The maximum Gasteiger partial charge on any atom is 0.224 e.